The number of carboxylic acid groups (broad SMARTS) is 1. The average Bonchev–Trinajstić information content (AvgIpc) is 2.16. The molecular formula is C10H11BrO3. The molecule has 1 N–H and O–H groups in total. The van der Waals surface area contributed by atoms with Crippen LogP contribution >= 0.6 is 15.9 Å². The molecule has 0 unspecified atom stereocenters. The molecule has 0 saturated heterocycles. The summed E-state index contributed by atoms with van der Waals surface area (Å²) in [6, 6.07) is 3.35. The zero-order valence-corrected chi connectivity index (χ0v) is 9.59. The van der Waals surface area contributed by atoms with E-state index in [-0.39, 0.29) is 5.56 Å². The molecule has 0 atom stereocenters. The first-order valence-electron chi connectivity index (χ1n) is 4.20. The molecule has 0 bridgehead atoms. The molecule has 4 heteroatoms. The average molecular weight is 259 g/mol. The first-order valence-corrected chi connectivity index (χ1v) is 4.99. The third-order valence-electron chi connectivity index (χ3n) is 1.99. The molecule has 0 radical (unpaired) electrons. The number of hydrogen-bond acceptors (Lipinski definition) is 2. The topological polar surface area (TPSA) is 46.5 Å². The summed E-state index contributed by atoms with van der Waals surface area (Å²) in [5.41, 5.74) is 1.21. The number of carboxylic acids is 1. The van der Waals surface area contributed by atoms with Crippen molar-refractivity contribution in [2.45, 2.75) is 13.3 Å². The summed E-state index contributed by atoms with van der Waals surface area (Å²) >= 11 is 3.23. The second-order valence-electron chi connectivity index (χ2n) is 2.78. The van der Waals surface area contributed by atoms with E-state index >= 15 is 0 Å². The number of carbonyl (C=O) groups is 1. The maximum absolute atomic E-state index is 10.8. The van der Waals surface area contributed by atoms with E-state index in [1.807, 2.05) is 6.92 Å². The van der Waals surface area contributed by atoms with Crippen LogP contribution in [0.1, 0.15) is 22.8 Å². The van der Waals surface area contributed by atoms with Gasteiger partial charge in [-0.1, -0.05) is 13.0 Å². The lowest BCUT2D eigenvalue weighted by atomic mass is 10.1. The molecule has 0 aliphatic heterocycles. The van der Waals surface area contributed by atoms with Crippen molar-refractivity contribution >= 4 is 21.9 Å². The zero-order chi connectivity index (χ0) is 10.7. The number of benzene rings is 1. The molecule has 0 amide bonds. The number of halogens is 1. The third-order valence-corrected chi connectivity index (χ3v) is 2.78. The van der Waals surface area contributed by atoms with Crippen LogP contribution in [0.4, 0.5) is 0 Å². The van der Waals surface area contributed by atoms with E-state index < -0.39 is 5.97 Å². The number of aryl methyl sites for hydroxylation is 1. The van der Waals surface area contributed by atoms with Crippen molar-refractivity contribution in [1.82, 2.24) is 0 Å². The first kappa shape index (κ1) is 11.0. The molecule has 0 heterocycles. The summed E-state index contributed by atoms with van der Waals surface area (Å²) in [6.45, 7) is 1.99. The Kier molecular flexibility index (Phi) is 3.52. The Balaban J connectivity index is 3.34. The summed E-state index contributed by atoms with van der Waals surface area (Å²) in [5, 5.41) is 8.86. The molecule has 0 spiro atoms. The minimum absolute atomic E-state index is 0.221. The van der Waals surface area contributed by atoms with Crippen LogP contribution in [-0.2, 0) is 6.42 Å². The third kappa shape index (κ3) is 1.90. The van der Waals surface area contributed by atoms with Gasteiger partial charge in [0.05, 0.1) is 17.1 Å². The van der Waals surface area contributed by atoms with Gasteiger partial charge in [0.25, 0.3) is 0 Å². The van der Waals surface area contributed by atoms with Crippen LogP contribution in [0.25, 0.3) is 0 Å². The van der Waals surface area contributed by atoms with Gasteiger partial charge in [0, 0.05) is 0 Å². The van der Waals surface area contributed by atoms with E-state index in [0.717, 1.165) is 12.0 Å². The van der Waals surface area contributed by atoms with Gasteiger partial charge >= 0.3 is 5.97 Å². The smallest absolute Gasteiger partial charge is 0.336 e. The van der Waals surface area contributed by atoms with Crippen molar-refractivity contribution in [3.63, 3.8) is 0 Å². The van der Waals surface area contributed by atoms with Crippen molar-refractivity contribution in [3.8, 4) is 5.75 Å². The number of hydrogen-bond donors (Lipinski definition) is 1. The highest BCUT2D eigenvalue weighted by molar-refractivity contribution is 9.10. The molecular weight excluding hydrogens is 248 g/mol. The van der Waals surface area contributed by atoms with Gasteiger partial charge in [0.15, 0.2) is 0 Å². The Morgan fingerprint density at radius 1 is 1.57 bits per heavy atom. The Morgan fingerprint density at radius 2 is 2.21 bits per heavy atom. The highest BCUT2D eigenvalue weighted by Gasteiger charge is 2.15. The fourth-order valence-corrected chi connectivity index (χ4v) is 1.98. The lowest BCUT2D eigenvalue weighted by Crippen LogP contribution is -2.01. The van der Waals surface area contributed by atoms with E-state index in [1.54, 1.807) is 12.1 Å². The van der Waals surface area contributed by atoms with E-state index in [2.05, 4.69) is 15.9 Å². The van der Waals surface area contributed by atoms with Crippen molar-refractivity contribution in [1.29, 1.82) is 0 Å². The van der Waals surface area contributed by atoms with Crippen LogP contribution in [0.3, 0.4) is 0 Å². The first-order chi connectivity index (χ1) is 6.61. The van der Waals surface area contributed by atoms with Crippen molar-refractivity contribution < 1.29 is 14.6 Å². The van der Waals surface area contributed by atoms with E-state index in [9.17, 15) is 4.79 Å². The van der Waals surface area contributed by atoms with Crippen LogP contribution < -0.4 is 4.74 Å². The van der Waals surface area contributed by atoms with Crippen molar-refractivity contribution in [2.75, 3.05) is 7.11 Å². The summed E-state index contributed by atoms with van der Waals surface area (Å²) in [6.07, 6.45) is 0.807. The molecule has 0 saturated carbocycles. The Hall–Kier alpha value is -1.03. The monoisotopic (exact) mass is 258 g/mol. The largest absolute Gasteiger partial charge is 0.495 e. The van der Waals surface area contributed by atoms with Crippen LogP contribution in [0.5, 0.6) is 5.75 Å². The molecule has 1 rings (SSSR count). The van der Waals surface area contributed by atoms with Gasteiger partial charge in [-0.05, 0) is 34.0 Å². The molecule has 0 aromatic heterocycles. The SMILES string of the molecule is CCc1ccc(C(=O)O)c(Br)c1OC. The maximum Gasteiger partial charge on any atom is 0.336 e. The maximum atomic E-state index is 10.8. The molecule has 14 heavy (non-hydrogen) atoms. The molecule has 0 aliphatic carbocycles. The number of methoxy groups -OCH3 is 1. The van der Waals surface area contributed by atoms with E-state index in [1.165, 1.54) is 7.11 Å². The van der Waals surface area contributed by atoms with Crippen LogP contribution in [0.15, 0.2) is 16.6 Å². The summed E-state index contributed by atoms with van der Waals surface area (Å²) in [5.74, 6) is -0.356. The van der Waals surface area contributed by atoms with E-state index in [0.29, 0.717) is 10.2 Å². The second-order valence-corrected chi connectivity index (χ2v) is 3.57. The quantitative estimate of drug-likeness (QED) is 0.907. The Labute approximate surface area is 90.8 Å². The van der Waals surface area contributed by atoms with Crippen molar-refractivity contribution in [3.05, 3.63) is 27.7 Å². The zero-order valence-electron chi connectivity index (χ0n) is 8.00. The number of aromatic carboxylic acids is 1. The van der Waals surface area contributed by atoms with Gasteiger partial charge in [-0.2, -0.15) is 0 Å². The molecule has 1 aromatic carbocycles. The summed E-state index contributed by atoms with van der Waals surface area (Å²) in [4.78, 5) is 10.8. The van der Waals surface area contributed by atoms with Gasteiger partial charge in [-0.3, -0.25) is 0 Å². The van der Waals surface area contributed by atoms with Gasteiger partial charge in [0.2, 0.25) is 0 Å². The summed E-state index contributed by atoms with van der Waals surface area (Å²) < 4.78 is 5.65. The van der Waals surface area contributed by atoms with Gasteiger partial charge in [0.1, 0.15) is 5.75 Å². The minimum Gasteiger partial charge on any atom is -0.495 e. The highest BCUT2D eigenvalue weighted by Crippen LogP contribution is 2.32. The van der Waals surface area contributed by atoms with Crippen LogP contribution in [0.2, 0.25) is 0 Å². The molecule has 1 aromatic rings. The van der Waals surface area contributed by atoms with Gasteiger partial charge < -0.3 is 9.84 Å². The minimum atomic E-state index is -0.960. The lowest BCUT2D eigenvalue weighted by molar-refractivity contribution is 0.0695. The van der Waals surface area contributed by atoms with E-state index in [4.69, 9.17) is 9.84 Å². The van der Waals surface area contributed by atoms with Gasteiger partial charge in [-0.15, -0.1) is 0 Å². The molecule has 0 fully saturated rings. The fraction of sp³-hybridized carbons (Fsp3) is 0.300. The standard InChI is InChI=1S/C10H11BrO3/c1-3-6-4-5-7(10(12)13)8(11)9(6)14-2/h4-5H,3H2,1-2H3,(H,12,13). The molecule has 3 nitrogen and oxygen atoms in total. The second kappa shape index (κ2) is 4.46. The molecule has 0 aliphatic rings. The van der Waals surface area contributed by atoms with Crippen LogP contribution in [-0.4, -0.2) is 18.2 Å². The normalized spacial score (nSPS) is 9.93. The van der Waals surface area contributed by atoms with Crippen LogP contribution in [0, 0.1) is 0 Å². The number of ether oxygens (including phenoxy) is 1. The molecule has 76 valence electrons. The Morgan fingerprint density at radius 3 is 2.64 bits per heavy atom. The lowest BCUT2D eigenvalue weighted by Gasteiger charge is -2.10. The fourth-order valence-electron chi connectivity index (χ4n) is 1.26. The predicted octanol–water partition coefficient (Wildman–Crippen LogP) is 2.72. The highest BCUT2D eigenvalue weighted by atomic mass is 79.9. The predicted molar refractivity (Wildman–Crippen MR) is 57.0 cm³/mol. The summed E-state index contributed by atoms with van der Waals surface area (Å²) in [7, 11) is 1.53. The van der Waals surface area contributed by atoms with Gasteiger partial charge in [-0.25, -0.2) is 4.79 Å². The Bertz CT molecular complexity index is 361. The van der Waals surface area contributed by atoms with Crippen molar-refractivity contribution in [2.24, 2.45) is 0 Å². The number of rotatable bonds is 3.